The maximum atomic E-state index is 13.9. The van der Waals surface area contributed by atoms with Crippen LogP contribution in [-0.2, 0) is 22.6 Å². The number of nitrogens with zero attached hydrogens (tertiary/aromatic N) is 4. The van der Waals surface area contributed by atoms with Crippen LogP contribution in [0.4, 0.5) is 4.79 Å². The van der Waals surface area contributed by atoms with Crippen LogP contribution in [0, 0.1) is 11.3 Å². The average Bonchev–Trinajstić information content (AvgIpc) is 2.94. The Morgan fingerprint density at radius 2 is 1.54 bits per heavy atom. The van der Waals surface area contributed by atoms with Crippen molar-refractivity contribution in [2.24, 2.45) is 11.3 Å². The molecule has 4 heterocycles. The number of pyridine rings is 1. The van der Waals surface area contributed by atoms with E-state index in [2.05, 4.69) is 4.90 Å². The van der Waals surface area contributed by atoms with E-state index in [4.69, 9.17) is 14.2 Å². The molecule has 0 saturated carbocycles. The quantitative estimate of drug-likeness (QED) is 0.489. The second kappa shape index (κ2) is 10.0. The Bertz CT molecular complexity index is 1360. The van der Waals surface area contributed by atoms with Gasteiger partial charge in [0.15, 0.2) is 11.5 Å². The van der Waals surface area contributed by atoms with Gasteiger partial charge in [-0.3, -0.25) is 24.2 Å². The Morgan fingerprint density at radius 3 is 2.18 bits per heavy atom. The van der Waals surface area contributed by atoms with Gasteiger partial charge in [-0.15, -0.1) is 0 Å². The molecule has 4 amide bonds. The molecule has 11 heteroatoms. The molecular formula is C28H34N4O7. The highest BCUT2D eigenvalue weighted by atomic mass is 16.5. The second-order valence-electron chi connectivity index (χ2n) is 10.7. The molecule has 39 heavy (non-hydrogen) atoms. The van der Waals surface area contributed by atoms with E-state index in [9.17, 15) is 19.2 Å². The van der Waals surface area contributed by atoms with Gasteiger partial charge in [0.2, 0.25) is 17.6 Å². The zero-order valence-corrected chi connectivity index (χ0v) is 22.9. The molecule has 3 aliphatic rings. The highest BCUT2D eigenvalue weighted by molar-refractivity contribution is 6.19. The first-order valence-corrected chi connectivity index (χ1v) is 12.9. The molecule has 2 atom stereocenters. The Labute approximate surface area is 226 Å². The molecule has 1 aromatic carbocycles. The van der Waals surface area contributed by atoms with E-state index in [0.717, 1.165) is 21.9 Å². The summed E-state index contributed by atoms with van der Waals surface area (Å²) in [6.07, 6.45) is 0.939. The molecule has 208 valence electrons. The average molecular weight is 539 g/mol. The lowest BCUT2D eigenvalue weighted by atomic mass is 9.75. The first-order valence-electron chi connectivity index (χ1n) is 12.9. The lowest BCUT2D eigenvalue weighted by molar-refractivity contribution is -0.159. The van der Waals surface area contributed by atoms with Gasteiger partial charge in [0.25, 0.3) is 5.56 Å². The van der Waals surface area contributed by atoms with Crippen molar-refractivity contribution >= 4 is 17.8 Å². The molecule has 2 saturated heterocycles. The van der Waals surface area contributed by atoms with Gasteiger partial charge in [-0.25, -0.2) is 4.79 Å². The van der Waals surface area contributed by atoms with Crippen LogP contribution < -0.4 is 19.8 Å². The molecule has 0 radical (unpaired) electrons. The highest BCUT2D eigenvalue weighted by Gasteiger charge is 2.57. The number of urea groups is 1. The summed E-state index contributed by atoms with van der Waals surface area (Å²) in [5, 5.41) is 0. The fourth-order valence-corrected chi connectivity index (χ4v) is 6.61. The number of barbiturate groups is 1. The molecule has 5 rings (SSSR count). The van der Waals surface area contributed by atoms with Crippen LogP contribution in [0.1, 0.15) is 23.6 Å². The zero-order valence-electron chi connectivity index (χ0n) is 22.9. The Morgan fingerprint density at radius 1 is 0.846 bits per heavy atom. The van der Waals surface area contributed by atoms with E-state index in [1.54, 1.807) is 24.3 Å². The topological polar surface area (TPSA) is 111 Å². The number of hydrogen-bond acceptors (Lipinski definition) is 8. The molecule has 11 nitrogen and oxygen atoms in total. The van der Waals surface area contributed by atoms with E-state index in [-0.39, 0.29) is 30.4 Å². The third-order valence-corrected chi connectivity index (χ3v) is 8.33. The summed E-state index contributed by atoms with van der Waals surface area (Å²) in [7, 11) is 7.31. The Balaban J connectivity index is 1.56. The minimum absolute atomic E-state index is 0.00195. The number of carbonyl (C=O) groups is 3. The van der Waals surface area contributed by atoms with Crippen molar-refractivity contribution in [2.75, 3.05) is 55.1 Å². The summed E-state index contributed by atoms with van der Waals surface area (Å²) in [4.78, 5) is 57.3. The minimum atomic E-state index is -1.58. The fraction of sp³-hybridized carbons (Fsp3) is 0.500. The SMILES string of the molecule is COc1ccc(CC2(CN3C[C@@H]4C[C@@H](C3)c3cccc(=O)n3C4)C(=O)N(C)C(=O)N(C)C2=O)c(OC)c1OC. The number of imide groups is 2. The summed E-state index contributed by atoms with van der Waals surface area (Å²) in [5.74, 6) is 0.369. The fourth-order valence-electron chi connectivity index (χ4n) is 6.61. The van der Waals surface area contributed by atoms with Crippen LogP contribution in [0.15, 0.2) is 35.1 Å². The Hall–Kier alpha value is -3.86. The van der Waals surface area contributed by atoms with Crippen molar-refractivity contribution in [3.05, 3.63) is 51.9 Å². The van der Waals surface area contributed by atoms with E-state index in [1.165, 1.54) is 35.4 Å². The minimum Gasteiger partial charge on any atom is -0.493 e. The van der Waals surface area contributed by atoms with Crippen LogP contribution in [0.3, 0.4) is 0 Å². The van der Waals surface area contributed by atoms with Gasteiger partial charge in [-0.05, 0) is 30.0 Å². The van der Waals surface area contributed by atoms with E-state index in [1.807, 2.05) is 10.6 Å². The highest BCUT2D eigenvalue weighted by Crippen LogP contribution is 2.44. The van der Waals surface area contributed by atoms with E-state index in [0.29, 0.717) is 42.4 Å². The number of ether oxygens (including phenoxy) is 3. The van der Waals surface area contributed by atoms with Gasteiger partial charge in [-0.1, -0.05) is 12.1 Å². The number of methoxy groups -OCH3 is 3. The number of carbonyl (C=O) groups excluding carboxylic acids is 3. The Kier molecular flexibility index (Phi) is 6.88. The standard InChI is InChI=1S/C28H34N4O7/c1-29-25(34)28(26(35)30(2)27(29)36,12-18-9-10-21(37-3)24(39-5)23(18)38-4)16-31-13-17-11-19(15-31)20-7-6-8-22(33)32(20)14-17/h6-10,17,19H,11-16H2,1-5H3/t17-,19-/m0/s1. The number of amides is 4. The van der Waals surface area contributed by atoms with Crippen molar-refractivity contribution in [2.45, 2.75) is 25.3 Å². The zero-order chi connectivity index (χ0) is 28.1. The van der Waals surface area contributed by atoms with Crippen LogP contribution >= 0.6 is 0 Å². The molecule has 2 fully saturated rings. The smallest absolute Gasteiger partial charge is 0.332 e. The maximum absolute atomic E-state index is 13.9. The molecule has 3 aliphatic heterocycles. The lowest BCUT2D eigenvalue weighted by Gasteiger charge is -2.48. The molecule has 0 N–H and O–H groups in total. The van der Waals surface area contributed by atoms with Crippen molar-refractivity contribution in [3.63, 3.8) is 0 Å². The lowest BCUT2D eigenvalue weighted by Crippen LogP contribution is -2.67. The molecule has 0 aliphatic carbocycles. The summed E-state index contributed by atoms with van der Waals surface area (Å²) in [6.45, 7) is 1.93. The van der Waals surface area contributed by atoms with Gasteiger partial charge in [0, 0.05) is 64.4 Å². The summed E-state index contributed by atoms with van der Waals surface area (Å²) in [6, 6.07) is 8.14. The van der Waals surface area contributed by atoms with Crippen molar-refractivity contribution in [1.82, 2.24) is 19.3 Å². The first kappa shape index (κ1) is 26.7. The third-order valence-electron chi connectivity index (χ3n) is 8.33. The predicted molar refractivity (Wildman–Crippen MR) is 141 cm³/mol. The number of aromatic nitrogens is 1. The molecule has 2 aromatic rings. The number of likely N-dealkylation sites (tertiary alicyclic amines) is 1. The summed E-state index contributed by atoms with van der Waals surface area (Å²) in [5.41, 5.74) is -0.0225. The number of piperidine rings is 1. The van der Waals surface area contributed by atoms with Crippen LogP contribution in [0.25, 0.3) is 0 Å². The number of fused-ring (bicyclic) bond motifs is 4. The molecular weight excluding hydrogens is 504 g/mol. The molecule has 0 unspecified atom stereocenters. The monoisotopic (exact) mass is 538 g/mol. The van der Waals surface area contributed by atoms with Gasteiger partial charge in [0.05, 0.1) is 21.3 Å². The van der Waals surface area contributed by atoms with Crippen LogP contribution in [0.5, 0.6) is 17.2 Å². The van der Waals surface area contributed by atoms with Gasteiger partial charge in [0.1, 0.15) is 5.41 Å². The largest absolute Gasteiger partial charge is 0.493 e. The first-order chi connectivity index (χ1) is 18.6. The normalized spacial score (nSPS) is 22.5. The molecule has 1 aromatic heterocycles. The molecule has 2 bridgehead atoms. The van der Waals surface area contributed by atoms with Gasteiger partial charge < -0.3 is 23.7 Å². The van der Waals surface area contributed by atoms with Crippen LogP contribution in [0.2, 0.25) is 0 Å². The van der Waals surface area contributed by atoms with Gasteiger partial charge in [-0.2, -0.15) is 0 Å². The van der Waals surface area contributed by atoms with Crippen LogP contribution in [-0.4, -0.2) is 92.2 Å². The van der Waals surface area contributed by atoms with Gasteiger partial charge >= 0.3 is 6.03 Å². The second-order valence-corrected chi connectivity index (χ2v) is 10.7. The summed E-state index contributed by atoms with van der Waals surface area (Å²) >= 11 is 0. The number of hydrogen-bond donors (Lipinski definition) is 0. The maximum Gasteiger partial charge on any atom is 0.332 e. The number of rotatable bonds is 7. The van der Waals surface area contributed by atoms with Crippen molar-refractivity contribution in [1.29, 1.82) is 0 Å². The number of benzene rings is 1. The molecule has 0 spiro atoms. The predicted octanol–water partition coefficient (Wildman–Crippen LogP) is 1.57. The summed E-state index contributed by atoms with van der Waals surface area (Å²) < 4.78 is 18.5. The van der Waals surface area contributed by atoms with Crippen molar-refractivity contribution < 1.29 is 28.6 Å². The van der Waals surface area contributed by atoms with E-state index >= 15 is 0 Å². The van der Waals surface area contributed by atoms with E-state index < -0.39 is 23.3 Å². The van der Waals surface area contributed by atoms with Crippen molar-refractivity contribution in [3.8, 4) is 17.2 Å². The third kappa shape index (κ3) is 4.25.